The van der Waals surface area contributed by atoms with E-state index < -0.39 is 0 Å². The predicted molar refractivity (Wildman–Crippen MR) is 96.6 cm³/mol. The Kier molecular flexibility index (Phi) is 3.56. The summed E-state index contributed by atoms with van der Waals surface area (Å²) in [6, 6.07) is 27.9. The number of hydrogen-bond donors (Lipinski definition) is 1. The zero-order chi connectivity index (χ0) is 16.4. The molecule has 116 valence electrons. The van der Waals surface area contributed by atoms with Gasteiger partial charge in [-0.15, -0.1) is 10.2 Å². The summed E-state index contributed by atoms with van der Waals surface area (Å²) in [5, 5.41) is 8.89. The lowest BCUT2D eigenvalue weighted by Crippen LogP contribution is -2.00. The summed E-state index contributed by atoms with van der Waals surface area (Å²) in [5.41, 5.74) is 9.58. The molecule has 0 unspecified atom stereocenters. The van der Waals surface area contributed by atoms with E-state index in [4.69, 9.17) is 5.73 Å². The second-order valence-corrected chi connectivity index (χ2v) is 5.51. The Balaban J connectivity index is 1.96. The molecule has 3 aromatic carbocycles. The van der Waals surface area contributed by atoms with Crippen molar-refractivity contribution >= 4 is 5.69 Å². The van der Waals surface area contributed by atoms with Crippen molar-refractivity contribution in [2.75, 3.05) is 5.73 Å². The van der Waals surface area contributed by atoms with Gasteiger partial charge in [0.25, 0.3) is 0 Å². The molecule has 0 bridgehead atoms. The third-order valence-electron chi connectivity index (χ3n) is 3.88. The Bertz CT molecular complexity index is 885. The fourth-order valence-corrected chi connectivity index (χ4v) is 2.70. The van der Waals surface area contributed by atoms with Gasteiger partial charge in [0.05, 0.1) is 0 Å². The van der Waals surface area contributed by atoms with Crippen LogP contribution >= 0.6 is 0 Å². The molecule has 0 aliphatic heterocycles. The van der Waals surface area contributed by atoms with Crippen LogP contribution in [-0.2, 0) is 0 Å². The van der Waals surface area contributed by atoms with E-state index in [2.05, 4.69) is 14.8 Å². The van der Waals surface area contributed by atoms with E-state index in [1.54, 1.807) is 0 Å². The topological polar surface area (TPSA) is 56.7 Å². The smallest absolute Gasteiger partial charge is 0.168 e. The molecule has 4 nitrogen and oxygen atoms in total. The second-order valence-electron chi connectivity index (χ2n) is 5.51. The van der Waals surface area contributed by atoms with Gasteiger partial charge in [0, 0.05) is 22.5 Å². The van der Waals surface area contributed by atoms with Gasteiger partial charge in [-0.2, -0.15) is 0 Å². The molecule has 0 atom stereocenters. The first-order valence-electron chi connectivity index (χ1n) is 7.75. The monoisotopic (exact) mass is 312 g/mol. The quantitative estimate of drug-likeness (QED) is 0.577. The van der Waals surface area contributed by atoms with Crippen LogP contribution in [0.15, 0.2) is 84.9 Å². The fourth-order valence-electron chi connectivity index (χ4n) is 2.70. The number of hydrogen-bond acceptors (Lipinski definition) is 3. The second kappa shape index (κ2) is 6.01. The molecule has 0 radical (unpaired) electrons. The molecule has 4 heteroatoms. The maximum absolute atomic E-state index is 5.84. The molecule has 0 amide bonds. The highest BCUT2D eigenvalue weighted by atomic mass is 15.3. The summed E-state index contributed by atoms with van der Waals surface area (Å²) in [6.07, 6.45) is 0. The van der Waals surface area contributed by atoms with Crippen molar-refractivity contribution in [1.82, 2.24) is 14.8 Å². The zero-order valence-corrected chi connectivity index (χ0v) is 13.0. The van der Waals surface area contributed by atoms with Crippen molar-refractivity contribution in [3.63, 3.8) is 0 Å². The molecule has 1 heterocycles. The standard InChI is InChI=1S/C20H16N4/c21-17-11-13-18(14-12-17)24-19(15-7-3-1-4-8-15)22-23-20(24)16-9-5-2-6-10-16/h1-14H,21H2. The average Bonchev–Trinajstić information content (AvgIpc) is 3.09. The zero-order valence-electron chi connectivity index (χ0n) is 13.0. The summed E-state index contributed by atoms with van der Waals surface area (Å²) in [7, 11) is 0. The Morgan fingerprint density at radius 2 is 1.04 bits per heavy atom. The maximum atomic E-state index is 5.84. The molecule has 0 fully saturated rings. The maximum Gasteiger partial charge on any atom is 0.168 e. The molecule has 0 spiro atoms. The Morgan fingerprint density at radius 3 is 1.50 bits per heavy atom. The number of nitrogen functional groups attached to an aromatic ring is 1. The van der Waals surface area contributed by atoms with Gasteiger partial charge in [-0.25, -0.2) is 0 Å². The first kappa shape index (κ1) is 14.2. The van der Waals surface area contributed by atoms with Gasteiger partial charge in [0.15, 0.2) is 11.6 Å². The normalized spacial score (nSPS) is 10.7. The van der Waals surface area contributed by atoms with Crippen molar-refractivity contribution in [1.29, 1.82) is 0 Å². The number of rotatable bonds is 3. The number of benzene rings is 3. The Labute approximate surface area is 140 Å². The predicted octanol–water partition coefficient (Wildman–Crippen LogP) is 4.18. The summed E-state index contributed by atoms with van der Waals surface area (Å²) in [6.45, 7) is 0. The molecular weight excluding hydrogens is 296 g/mol. The molecule has 24 heavy (non-hydrogen) atoms. The van der Waals surface area contributed by atoms with Crippen LogP contribution in [0.25, 0.3) is 28.5 Å². The lowest BCUT2D eigenvalue weighted by molar-refractivity contribution is 1.07. The van der Waals surface area contributed by atoms with Crippen LogP contribution in [0.5, 0.6) is 0 Å². The van der Waals surface area contributed by atoms with Crippen LogP contribution < -0.4 is 5.73 Å². The minimum atomic E-state index is 0.731. The molecule has 1 aromatic heterocycles. The van der Waals surface area contributed by atoms with Gasteiger partial charge in [-0.3, -0.25) is 4.57 Å². The van der Waals surface area contributed by atoms with E-state index in [-0.39, 0.29) is 0 Å². The minimum Gasteiger partial charge on any atom is -0.399 e. The molecule has 4 rings (SSSR count). The molecule has 0 saturated heterocycles. The summed E-state index contributed by atoms with van der Waals surface area (Å²) in [5.74, 6) is 1.61. The first-order valence-corrected chi connectivity index (χ1v) is 7.75. The van der Waals surface area contributed by atoms with Crippen LogP contribution in [0.2, 0.25) is 0 Å². The molecule has 0 aliphatic rings. The van der Waals surface area contributed by atoms with Gasteiger partial charge in [-0.1, -0.05) is 60.7 Å². The molecular formula is C20H16N4. The number of aromatic nitrogens is 3. The Morgan fingerprint density at radius 1 is 0.583 bits per heavy atom. The summed E-state index contributed by atoms with van der Waals surface area (Å²) in [4.78, 5) is 0. The van der Waals surface area contributed by atoms with E-state index in [0.717, 1.165) is 34.2 Å². The molecule has 4 aromatic rings. The lowest BCUT2D eigenvalue weighted by atomic mass is 10.1. The molecule has 0 aliphatic carbocycles. The molecule has 0 saturated carbocycles. The highest BCUT2D eigenvalue weighted by molar-refractivity contribution is 5.67. The molecule has 2 N–H and O–H groups in total. The number of nitrogens with zero attached hydrogens (tertiary/aromatic N) is 3. The minimum absolute atomic E-state index is 0.731. The van der Waals surface area contributed by atoms with Gasteiger partial charge in [0.1, 0.15) is 0 Å². The highest BCUT2D eigenvalue weighted by Crippen LogP contribution is 2.28. The van der Waals surface area contributed by atoms with Crippen LogP contribution in [0.4, 0.5) is 5.69 Å². The lowest BCUT2D eigenvalue weighted by Gasteiger charge is -2.11. The SMILES string of the molecule is Nc1ccc(-n2c(-c3ccccc3)nnc2-c2ccccc2)cc1. The van der Waals surface area contributed by atoms with Gasteiger partial charge in [0.2, 0.25) is 0 Å². The third kappa shape index (κ3) is 2.54. The van der Waals surface area contributed by atoms with E-state index in [0.29, 0.717) is 0 Å². The van der Waals surface area contributed by atoms with Crippen LogP contribution in [0.1, 0.15) is 0 Å². The van der Waals surface area contributed by atoms with E-state index >= 15 is 0 Å². The average molecular weight is 312 g/mol. The van der Waals surface area contributed by atoms with E-state index in [9.17, 15) is 0 Å². The summed E-state index contributed by atoms with van der Waals surface area (Å²) < 4.78 is 2.06. The summed E-state index contributed by atoms with van der Waals surface area (Å²) >= 11 is 0. The van der Waals surface area contributed by atoms with Gasteiger partial charge >= 0.3 is 0 Å². The van der Waals surface area contributed by atoms with E-state index in [1.807, 2.05) is 84.9 Å². The van der Waals surface area contributed by atoms with Crippen molar-refractivity contribution in [2.45, 2.75) is 0 Å². The van der Waals surface area contributed by atoms with Crippen molar-refractivity contribution < 1.29 is 0 Å². The number of nitrogens with two attached hydrogens (primary N) is 1. The van der Waals surface area contributed by atoms with Gasteiger partial charge < -0.3 is 5.73 Å². The Hall–Kier alpha value is -3.40. The van der Waals surface area contributed by atoms with Crippen molar-refractivity contribution in [3.8, 4) is 28.5 Å². The van der Waals surface area contributed by atoms with E-state index in [1.165, 1.54) is 0 Å². The third-order valence-corrected chi connectivity index (χ3v) is 3.88. The first-order chi connectivity index (χ1) is 11.8. The van der Waals surface area contributed by atoms with Crippen molar-refractivity contribution in [2.24, 2.45) is 0 Å². The number of anilines is 1. The van der Waals surface area contributed by atoms with Crippen LogP contribution in [0.3, 0.4) is 0 Å². The highest BCUT2D eigenvalue weighted by Gasteiger charge is 2.16. The fraction of sp³-hybridized carbons (Fsp3) is 0. The van der Waals surface area contributed by atoms with Crippen molar-refractivity contribution in [3.05, 3.63) is 84.9 Å². The van der Waals surface area contributed by atoms with Crippen LogP contribution in [-0.4, -0.2) is 14.8 Å². The largest absolute Gasteiger partial charge is 0.399 e. The van der Waals surface area contributed by atoms with Gasteiger partial charge in [-0.05, 0) is 24.3 Å². The van der Waals surface area contributed by atoms with Crippen LogP contribution in [0, 0.1) is 0 Å².